The van der Waals surface area contributed by atoms with Gasteiger partial charge in [-0.1, -0.05) is 48.5 Å². The molecule has 0 unspecified atom stereocenters. The normalized spacial score (nSPS) is 21.6. The summed E-state index contributed by atoms with van der Waals surface area (Å²) in [6, 6.07) is 34.2. The average Bonchev–Trinajstić information content (AvgIpc) is 3.18. The highest BCUT2D eigenvalue weighted by molar-refractivity contribution is 6.05. The lowest BCUT2D eigenvalue weighted by Gasteiger charge is -2.37. The molecule has 3 fully saturated rings. The average molecular weight is 698 g/mol. The van der Waals surface area contributed by atoms with E-state index in [1.54, 1.807) is 4.90 Å². The summed E-state index contributed by atoms with van der Waals surface area (Å²) < 4.78 is 0. The lowest BCUT2D eigenvalue weighted by Crippen LogP contribution is -2.49. The van der Waals surface area contributed by atoms with Crippen LogP contribution in [0.2, 0.25) is 0 Å². The fourth-order valence-electron chi connectivity index (χ4n) is 9.14. The summed E-state index contributed by atoms with van der Waals surface area (Å²) in [5, 5.41) is 12.6. The number of aromatic hydroxyl groups is 1. The molecule has 8 nitrogen and oxygen atoms in total. The highest BCUT2D eigenvalue weighted by atomic mass is 16.3. The fraction of sp³-hybridized carbons (Fsp3) is 0.409. The second-order valence-corrected chi connectivity index (χ2v) is 15.2. The first kappa shape index (κ1) is 34.3. The minimum atomic E-state index is -0.337. The molecule has 3 heterocycles. The number of phenols is 1. The van der Waals surface area contributed by atoms with Crippen LogP contribution >= 0.6 is 0 Å². The van der Waals surface area contributed by atoms with Gasteiger partial charge in [0.05, 0.1) is 0 Å². The number of nitrogens with one attached hydrogen (secondary N) is 1. The molecule has 8 rings (SSSR count). The maximum Gasteiger partial charge on any atom is 0.328 e. The van der Waals surface area contributed by atoms with Crippen LogP contribution in [-0.4, -0.2) is 74.3 Å². The van der Waals surface area contributed by atoms with E-state index in [0.717, 1.165) is 63.7 Å². The molecular formula is C44H51N5O3. The monoisotopic (exact) mass is 697 g/mol. The Morgan fingerprint density at radius 1 is 0.654 bits per heavy atom. The van der Waals surface area contributed by atoms with Crippen molar-refractivity contribution in [2.24, 2.45) is 5.92 Å². The third-order valence-electron chi connectivity index (χ3n) is 12.1. The summed E-state index contributed by atoms with van der Waals surface area (Å²) in [5.74, 6) is 1.67. The molecule has 8 heteroatoms. The number of rotatable bonds is 9. The quantitative estimate of drug-likeness (QED) is 0.189. The number of benzene rings is 4. The van der Waals surface area contributed by atoms with Crippen LogP contribution in [0.4, 0.5) is 21.9 Å². The van der Waals surface area contributed by atoms with Crippen molar-refractivity contribution >= 4 is 29.0 Å². The molecule has 3 aliphatic heterocycles. The number of fused-ring (bicyclic) bond motifs is 1. The van der Waals surface area contributed by atoms with Gasteiger partial charge in [0.15, 0.2) is 0 Å². The lowest BCUT2D eigenvalue weighted by molar-refractivity contribution is -0.120. The van der Waals surface area contributed by atoms with E-state index >= 15 is 0 Å². The second kappa shape index (κ2) is 15.4. The number of anilines is 3. The van der Waals surface area contributed by atoms with Crippen LogP contribution in [0.25, 0.3) is 0 Å². The van der Waals surface area contributed by atoms with E-state index in [1.807, 2.05) is 24.3 Å². The van der Waals surface area contributed by atoms with Gasteiger partial charge in [-0.25, -0.2) is 4.79 Å². The number of aryl methyl sites for hydroxylation is 1. The number of urea groups is 1. The van der Waals surface area contributed by atoms with Gasteiger partial charge in [-0.15, -0.1) is 0 Å². The maximum atomic E-state index is 12.2. The molecule has 4 aromatic rings. The Balaban J connectivity index is 0.792. The molecule has 0 spiro atoms. The summed E-state index contributed by atoms with van der Waals surface area (Å²) in [6.45, 7) is 8.03. The van der Waals surface area contributed by atoms with Gasteiger partial charge < -0.3 is 14.9 Å². The first-order valence-electron chi connectivity index (χ1n) is 19.4. The number of amides is 3. The smallest absolute Gasteiger partial charge is 0.328 e. The molecule has 2 N–H and O–H groups in total. The molecule has 52 heavy (non-hydrogen) atoms. The minimum Gasteiger partial charge on any atom is -0.508 e. The lowest BCUT2D eigenvalue weighted by atomic mass is 9.69. The predicted octanol–water partition coefficient (Wildman–Crippen LogP) is 7.52. The second-order valence-electron chi connectivity index (χ2n) is 15.2. The topological polar surface area (TPSA) is 79.4 Å². The Labute approximate surface area is 308 Å². The van der Waals surface area contributed by atoms with E-state index in [1.165, 1.54) is 65.9 Å². The molecule has 0 saturated carbocycles. The van der Waals surface area contributed by atoms with Crippen LogP contribution in [0.1, 0.15) is 72.6 Å². The molecule has 0 bridgehead atoms. The fourth-order valence-corrected chi connectivity index (χ4v) is 9.14. The third kappa shape index (κ3) is 7.54. The summed E-state index contributed by atoms with van der Waals surface area (Å²) >= 11 is 0. The van der Waals surface area contributed by atoms with Crippen LogP contribution in [0.3, 0.4) is 0 Å². The van der Waals surface area contributed by atoms with Crippen molar-refractivity contribution in [2.45, 2.75) is 56.8 Å². The van der Waals surface area contributed by atoms with Crippen LogP contribution < -0.4 is 20.0 Å². The van der Waals surface area contributed by atoms with E-state index in [2.05, 4.69) is 92.8 Å². The van der Waals surface area contributed by atoms with E-state index in [-0.39, 0.29) is 17.9 Å². The maximum absolute atomic E-state index is 12.2. The van der Waals surface area contributed by atoms with Crippen LogP contribution in [-0.2, 0) is 11.2 Å². The van der Waals surface area contributed by atoms with Gasteiger partial charge in [-0.3, -0.25) is 19.9 Å². The van der Waals surface area contributed by atoms with Crippen LogP contribution in [0.5, 0.6) is 5.75 Å². The standard InChI is InChI=1S/C44H51N5O3/c50-39-17-19-41-35(31-39)10-18-40(33-6-2-1-3-7-33)43(41)34-8-11-36(12-9-34)47-24-20-32(21-25-47)5-4-23-46-27-29-48(30-28-46)37-13-15-38(16-14-37)49-26-22-42(51)45-44(49)52/h1-3,6-9,11-17,19,31-32,40,43,50H,4-5,10,18,20-30H2,(H,45,51,52)/t40-,43+/m1/s1. The molecule has 3 saturated heterocycles. The van der Waals surface area contributed by atoms with Gasteiger partial charge in [-0.2, -0.15) is 0 Å². The van der Waals surface area contributed by atoms with Gasteiger partial charge in [0.2, 0.25) is 5.91 Å². The van der Waals surface area contributed by atoms with Crippen LogP contribution in [0.15, 0.2) is 97.1 Å². The Morgan fingerprint density at radius 2 is 1.33 bits per heavy atom. The number of piperazine rings is 1. The third-order valence-corrected chi connectivity index (χ3v) is 12.1. The Kier molecular flexibility index (Phi) is 10.2. The van der Waals surface area contributed by atoms with Crippen molar-refractivity contribution in [3.8, 4) is 5.75 Å². The first-order chi connectivity index (χ1) is 25.5. The number of imide groups is 1. The number of carbonyl (C=O) groups excluding carboxylic acids is 2. The van der Waals surface area contributed by atoms with Crippen molar-refractivity contribution in [3.63, 3.8) is 0 Å². The number of hydrogen-bond acceptors (Lipinski definition) is 6. The molecule has 3 amide bonds. The Hall–Kier alpha value is -4.82. The highest BCUT2D eigenvalue weighted by Crippen LogP contribution is 2.47. The molecule has 0 aromatic heterocycles. The largest absolute Gasteiger partial charge is 0.508 e. The molecule has 270 valence electrons. The van der Waals surface area contributed by atoms with Crippen molar-refractivity contribution < 1.29 is 14.7 Å². The van der Waals surface area contributed by atoms with Crippen molar-refractivity contribution in [1.82, 2.24) is 10.2 Å². The predicted molar refractivity (Wildman–Crippen MR) is 209 cm³/mol. The zero-order chi connectivity index (χ0) is 35.4. The van der Waals surface area contributed by atoms with E-state index in [9.17, 15) is 14.7 Å². The molecule has 4 aliphatic rings. The van der Waals surface area contributed by atoms with Crippen molar-refractivity contribution in [3.05, 3.63) is 119 Å². The van der Waals surface area contributed by atoms with Crippen molar-refractivity contribution in [1.29, 1.82) is 0 Å². The van der Waals surface area contributed by atoms with Gasteiger partial charge in [0, 0.05) is 75.2 Å². The molecule has 4 aromatic carbocycles. The minimum absolute atomic E-state index is 0.206. The highest BCUT2D eigenvalue weighted by Gasteiger charge is 2.32. The SMILES string of the molecule is O=C1CCN(c2ccc(N3CCN(CCCC4CCN(c5ccc([C@@H]6c7ccc(O)cc7CC[C@@H]6c6ccccc6)cc5)CC4)CC3)cc2)C(=O)N1. The van der Waals surface area contributed by atoms with Crippen molar-refractivity contribution in [2.75, 3.05) is 67.1 Å². The first-order valence-corrected chi connectivity index (χ1v) is 19.4. The molecule has 1 aliphatic carbocycles. The van der Waals surface area contributed by atoms with E-state index < -0.39 is 0 Å². The zero-order valence-corrected chi connectivity index (χ0v) is 30.1. The summed E-state index contributed by atoms with van der Waals surface area (Å²) in [5.41, 5.74) is 8.74. The zero-order valence-electron chi connectivity index (χ0n) is 30.1. The van der Waals surface area contributed by atoms with E-state index in [4.69, 9.17) is 0 Å². The number of nitrogens with zero attached hydrogens (tertiary/aromatic N) is 4. The summed E-state index contributed by atoms with van der Waals surface area (Å²) in [4.78, 5) is 32.9. The van der Waals surface area contributed by atoms with Gasteiger partial charge in [0.25, 0.3) is 0 Å². The van der Waals surface area contributed by atoms with E-state index in [0.29, 0.717) is 24.6 Å². The number of phenolic OH excluding ortho intramolecular Hbond substituents is 1. The van der Waals surface area contributed by atoms with Gasteiger partial charge in [0.1, 0.15) is 5.75 Å². The molecule has 2 atom stereocenters. The van der Waals surface area contributed by atoms with Gasteiger partial charge in [-0.05, 0) is 128 Å². The molecular weight excluding hydrogens is 647 g/mol. The number of hydrogen-bond donors (Lipinski definition) is 2. The number of piperidine rings is 1. The van der Waals surface area contributed by atoms with Crippen LogP contribution in [0, 0.1) is 5.92 Å². The summed E-state index contributed by atoms with van der Waals surface area (Å²) in [6.07, 6.45) is 7.50. The van der Waals surface area contributed by atoms with Gasteiger partial charge >= 0.3 is 6.03 Å². The Bertz CT molecular complexity index is 1830. The summed E-state index contributed by atoms with van der Waals surface area (Å²) in [7, 11) is 0. The number of carbonyl (C=O) groups is 2. The molecule has 0 radical (unpaired) electrons. The Morgan fingerprint density at radius 3 is 2.04 bits per heavy atom.